The summed E-state index contributed by atoms with van der Waals surface area (Å²) in [6, 6.07) is 12.7. The van der Waals surface area contributed by atoms with Crippen molar-refractivity contribution in [2.45, 2.75) is 6.18 Å². The monoisotopic (exact) mass is 342 g/mol. The summed E-state index contributed by atoms with van der Waals surface area (Å²) < 4.78 is 40.0. The fourth-order valence-electron chi connectivity index (χ4n) is 2.85. The quantitative estimate of drug-likeness (QED) is 0.576. The Kier molecular flexibility index (Phi) is 3.38. The van der Waals surface area contributed by atoms with Gasteiger partial charge in [-0.15, -0.1) is 0 Å². The van der Waals surface area contributed by atoms with Gasteiger partial charge in [0, 0.05) is 35.3 Å². The first-order valence-electron chi connectivity index (χ1n) is 7.58. The minimum Gasteiger partial charge on any atom is -0.350 e. The van der Waals surface area contributed by atoms with Crippen LogP contribution in [-0.2, 0) is 13.2 Å². The average Bonchev–Trinajstić information content (AvgIpc) is 3.20. The Morgan fingerprint density at radius 1 is 1.00 bits per heavy atom. The molecule has 4 rings (SSSR count). The van der Waals surface area contributed by atoms with Crippen LogP contribution < -0.4 is 0 Å². The van der Waals surface area contributed by atoms with Crippen molar-refractivity contribution in [3.05, 3.63) is 60.3 Å². The van der Waals surface area contributed by atoms with Crippen LogP contribution in [0.4, 0.5) is 13.2 Å². The number of nitrogens with one attached hydrogen (secondary N) is 1. The van der Waals surface area contributed by atoms with Crippen LogP contribution in [-0.4, -0.2) is 19.7 Å². The van der Waals surface area contributed by atoms with Crippen molar-refractivity contribution in [2.24, 2.45) is 7.05 Å². The third kappa shape index (κ3) is 2.67. The molecule has 1 N–H and O–H groups in total. The summed E-state index contributed by atoms with van der Waals surface area (Å²) in [4.78, 5) is 4.44. The lowest BCUT2D eigenvalue weighted by Gasteiger charge is -2.05. The van der Waals surface area contributed by atoms with Crippen LogP contribution in [0.15, 0.2) is 54.7 Å². The molecule has 0 saturated heterocycles. The number of para-hydroxylation sites is 1. The smallest absolute Gasteiger partial charge is 0.350 e. The molecule has 0 saturated carbocycles. The first kappa shape index (κ1) is 15.4. The largest absolute Gasteiger partial charge is 0.416 e. The molecule has 0 aliphatic rings. The molecule has 0 aliphatic heterocycles. The predicted molar refractivity (Wildman–Crippen MR) is 88.7 cm³/mol. The van der Waals surface area contributed by atoms with Gasteiger partial charge in [0.2, 0.25) is 0 Å². The Bertz CT molecular complexity index is 1040. The molecule has 0 fully saturated rings. The van der Waals surface area contributed by atoms with E-state index >= 15 is 0 Å². The Morgan fingerprint density at radius 2 is 1.72 bits per heavy atom. The van der Waals surface area contributed by atoms with E-state index in [9.17, 15) is 13.2 Å². The van der Waals surface area contributed by atoms with E-state index in [2.05, 4.69) is 15.2 Å². The van der Waals surface area contributed by atoms with Gasteiger partial charge in [0.25, 0.3) is 0 Å². The first-order chi connectivity index (χ1) is 11.9. The molecule has 0 atom stereocenters. The maximum Gasteiger partial charge on any atom is 0.416 e. The zero-order valence-electron chi connectivity index (χ0n) is 13.2. The molecule has 2 aromatic heterocycles. The van der Waals surface area contributed by atoms with Crippen molar-refractivity contribution in [1.82, 2.24) is 19.7 Å². The van der Waals surface area contributed by atoms with E-state index in [1.54, 1.807) is 0 Å². The van der Waals surface area contributed by atoms with E-state index in [1.807, 2.05) is 42.1 Å². The number of aromatic amines is 1. The second-order valence-corrected chi connectivity index (χ2v) is 5.75. The molecule has 25 heavy (non-hydrogen) atoms. The molecular weight excluding hydrogens is 329 g/mol. The topological polar surface area (TPSA) is 46.5 Å². The van der Waals surface area contributed by atoms with Crippen LogP contribution in [0, 0.1) is 0 Å². The van der Waals surface area contributed by atoms with E-state index in [4.69, 9.17) is 0 Å². The molecule has 0 spiro atoms. The second-order valence-electron chi connectivity index (χ2n) is 5.75. The Balaban J connectivity index is 1.73. The second kappa shape index (κ2) is 5.47. The highest BCUT2D eigenvalue weighted by Crippen LogP contribution is 2.31. The van der Waals surface area contributed by atoms with Gasteiger partial charge in [-0.25, -0.2) is 4.98 Å². The third-order valence-corrected chi connectivity index (χ3v) is 4.11. The zero-order chi connectivity index (χ0) is 17.6. The minimum absolute atomic E-state index is 0.358. The van der Waals surface area contributed by atoms with Crippen LogP contribution in [0.5, 0.6) is 0 Å². The van der Waals surface area contributed by atoms with Gasteiger partial charge in [0.05, 0.1) is 5.56 Å². The number of alkyl halides is 3. The van der Waals surface area contributed by atoms with Crippen LogP contribution >= 0.6 is 0 Å². The zero-order valence-corrected chi connectivity index (χ0v) is 13.2. The van der Waals surface area contributed by atoms with Crippen molar-refractivity contribution < 1.29 is 13.2 Å². The van der Waals surface area contributed by atoms with Gasteiger partial charge in [-0.3, -0.25) is 5.10 Å². The number of fused-ring (bicyclic) bond motifs is 1. The molecule has 0 aliphatic carbocycles. The summed E-state index contributed by atoms with van der Waals surface area (Å²) in [6.45, 7) is 0. The number of hydrogen-bond acceptors (Lipinski definition) is 2. The SMILES string of the molecule is Cn1cc(-c2nc(-c3ccc(C(F)(F)F)cc3)n[nH]2)c2ccccc21. The van der Waals surface area contributed by atoms with Gasteiger partial charge in [0.1, 0.15) is 0 Å². The lowest BCUT2D eigenvalue weighted by Crippen LogP contribution is -2.04. The van der Waals surface area contributed by atoms with E-state index in [0.717, 1.165) is 28.6 Å². The van der Waals surface area contributed by atoms with E-state index in [-0.39, 0.29) is 0 Å². The number of halogens is 3. The summed E-state index contributed by atoms with van der Waals surface area (Å²) in [5.74, 6) is 0.934. The number of aryl methyl sites for hydroxylation is 1. The number of rotatable bonds is 2. The Hall–Kier alpha value is -3.09. The van der Waals surface area contributed by atoms with Gasteiger partial charge >= 0.3 is 6.18 Å². The molecular formula is C18H13F3N4. The summed E-state index contributed by atoms with van der Waals surface area (Å²) in [7, 11) is 1.94. The number of aromatic nitrogens is 4. The number of nitrogens with zero attached hydrogens (tertiary/aromatic N) is 3. The summed E-state index contributed by atoms with van der Waals surface area (Å²) in [5.41, 5.74) is 1.78. The van der Waals surface area contributed by atoms with E-state index in [0.29, 0.717) is 17.2 Å². The lowest BCUT2D eigenvalue weighted by molar-refractivity contribution is -0.137. The van der Waals surface area contributed by atoms with Gasteiger partial charge in [-0.1, -0.05) is 30.3 Å². The third-order valence-electron chi connectivity index (χ3n) is 4.11. The Morgan fingerprint density at radius 3 is 2.44 bits per heavy atom. The highest BCUT2D eigenvalue weighted by atomic mass is 19.4. The van der Waals surface area contributed by atoms with Crippen LogP contribution in [0.2, 0.25) is 0 Å². The molecule has 0 unspecified atom stereocenters. The number of benzene rings is 2. The highest BCUT2D eigenvalue weighted by molar-refractivity contribution is 5.94. The molecule has 0 radical (unpaired) electrons. The van der Waals surface area contributed by atoms with Gasteiger partial charge in [0.15, 0.2) is 11.6 Å². The molecule has 126 valence electrons. The summed E-state index contributed by atoms with van der Waals surface area (Å²) >= 11 is 0. The van der Waals surface area contributed by atoms with Crippen molar-refractivity contribution >= 4 is 10.9 Å². The summed E-state index contributed by atoms with van der Waals surface area (Å²) in [6.07, 6.45) is -2.41. The highest BCUT2D eigenvalue weighted by Gasteiger charge is 2.30. The molecule has 4 nitrogen and oxygen atoms in total. The molecule has 2 aromatic carbocycles. The maximum atomic E-state index is 12.7. The van der Waals surface area contributed by atoms with Crippen LogP contribution in [0.1, 0.15) is 5.56 Å². The number of H-pyrrole nitrogens is 1. The molecule has 0 amide bonds. The molecule has 4 aromatic rings. The van der Waals surface area contributed by atoms with Crippen molar-refractivity contribution in [2.75, 3.05) is 0 Å². The fourth-order valence-corrected chi connectivity index (χ4v) is 2.85. The first-order valence-corrected chi connectivity index (χ1v) is 7.58. The van der Waals surface area contributed by atoms with Gasteiger partial charge in [-0.2, -0.15) is 18.3 Å². The maximum absolute atomic E-state index is 12.7. The van der Waals surface area contributed by atoms with Crippen LogP contribution in [0.25, 0.3) is 33.7 Å². The predicted octanol–water partition coefficient (Wildman–Crippen LogP) is 4.65. The Labute approximate surface area is 140 Å². The average molecular weight is 342 g/mol. The van der Waals surface area contributed by atoms with Gasteiger partial charge < -0.3 is 4.57 Å². The van der Waals surface area contributed by atoms with Crippen LogP contribution in [0.3, 0.4) is 0 Å². The van der Waals surface area contributed by atoms with Crippen molar-refractivity contribution in [3.8, 4) is 22.8 Å². The van der Waals surface area contributed by atoms with Gasteiger partial charge in [-0.05, 0) is 18.2 Å². The normalized spacial score (nSPS) is 12.0. The molecule has 0 bridgehead atoms. The molecule has 7 heteroatoms. The standard InChI is InChI=1S/C18H13F3N4/c1-25-10-14(13-4-2-3-5-15(13)25)17-22-16(23-24-17)11-6-8-12(9-7-11)18(19,20)21/h2-10H,1H3,(H,22,23,24). The van der Waals surface area contributed by atoms with Crippen molar-refractivity contribution in [1.29, 1.82) is 0 Å². The van der Waals surface area contributed by atoms with E-state index < -0.39 is 11.7 Å². The van der Waals surface area contributed by atoms with Crippen molar-refractivity contribution in [3.63, 3.8) is 0 Å². The lowest BCUT2D eigenvalue weighted by atomic mass is 10.1. The fraction of sp³-hybridized carbons (Fsp3) is 0.111. The minimum atomic E-state index is -4.36. The molecule has 2 heterocycles. The van der Waals surface area contributed by atoms with E-state index in [1.165, 1.54) is 12.1 Å². The number of hydrogen-bond donors (Lipinski definition) is 1. The summed E-state index contributed by atoms with van der Waals surface area (Å²) in [5, 5.41) is 8.05.